The smallest absolute Gasteiger partial charge is 0.410 e. The number of carbonyl (C=O) groups excluding carboxylic acids is 2. The Hall–Kier alpha value is -2.12. The zero-order valence-electron chi connectivity index (χ0n) is 14.3. The number of rotatable bonds is 4. The van der Waals surface area contributed by atoms with Crippen LogP contribution in [0.2, 0.25) is 4.47 Å². The van der Waals surface area contributed by atoms with E-state index in [1.54, 1.807) is 5.38 Å². The molecule has 1 saturated heterocycles. The van der Waals surface area contributed by atoms with Crippen LogP contribution in [-0.4, -0.2) is 42.1 Å². The van der Waals surface area contributed by atoms with E-state index < -0.39 is 17.5 Å². The molecule has 0 N–H and O–H groups in total. The molecule has 2 aromatic rings. The van der Waals surface area contributed by atoms with Crippen molar-refractivity contribution >= 4 is 35.0 Å². The number of halogens is 1. The molecule has 138 valence electrons. The third-order valence-electron chi connectivity index (χ3n) is 4.50. The van der Waals surface area contributed by atoms with Gasteiger partial charge < -0.3 is 14.4 Å². The second-order valence-electron chi connectivity index (χ2n) is 6.12. The van der Waals surface area contributed by atoms with Crippen molar-refractivity contribution in [3.63, 3.8) is 0 Å². The predicted molar refractivity (Wildman–Crippen MR) is 98.3 cm³/mol. The summed E-state index contributed by atoms with van der Waals surface area (Å²) in [6.45, 7) is 0.863. The summed E-state index contributed by atoms with van der Waals surface area (Å²) >= 11 is 7.21. The van der Waals surface area contributed by atoms with E-state index >= 15 is 0 Å². The number of carbonyl (C=O) groups is 2. The Bertz CT molecular complexity index is 783. The first-order valence-corrected chi connectivity index (χ1v) is 9.46. The minimum absolute atomic E-state index is 0.160. The van der Waals surface area contributed by atoms with Gasteiger partial charge in [0.05, 0.1) is 12.8 Å². The van der Waals surface area contributed by atoms with E-state index in [0.29, 0.717) is 29.5 Å². The second-order valence-corrected chi connectivity index (χ2v) is 7.56. The Morgan fingerprint density at radius 1 is 1.35 bits per heavy atom. The summed E-state index contributed by atoms with van der Waals surface area (Å²) in [4.78, 5) is 30.9. The molecule has 0 saturated carbocycles. The van der Waals surface area contributed by atoms with Crippen LogP contribution in [0, 0.1) is 0 Å². The largest absolute Gasteiger partial charge is 0.468 e. The molecule has 1 unspecified atom stereocenters. The topological polar surface area (TPSA) is 68.7 Å². The Balaban J connectivity index is 1.75. The molecule has 26 heavy (non-hydrogen) atoms. The Morgan fingerprint density at radius 2 is 2.12 bits per heavy atom. The van der Waals surface area contributed by atoms with Crippen molar-refractivity contribution in [3.05, 3.63) is 51.4 Å². The molecule has 0 spiro atoms. The number of nitrogens with zero attached hydrogens (tertiary/aromatic N) is 2. The summed E-state index contributed by atoms with van der Waals surface area (Å²) in [6, 6.07) is 9.45. The molecule has 1 aliphatic heterocycles. The standard InChI is InChI=1S/C18H19ClN2O4S/c1-24-15(22)18(14-11-26-16(19)20-14)8-5-9-21(12-18)17(23)25-10-13-6-3-2-4-7-13/h2-4,6-7,11H,5,8-10,12H2,1H3. The molecule has 1 aromatic carbocycles. The van der Waals surface area contributed by atoms with Crippen LogP contribution in [0.4, 0.5) is 4.79 Å². The van der Waals surface area contributed by atoms with Crippen molar-refractivity contribution < 1.29 is 19.1 Å². The Labute approximate surface area is 160 Å². The van der Waals surface area contributed by atoms with E-state index in [4.69, 9.17) is 21.1 Å². The van der Waals surface area contributed by atoms with E-state index in [9.17, 15) is 9.59 Å². The highest BCUT2D eigenvalue weighted by Gasteiger charge is 2.48. The molecule has 0 bridgehead atoms. The SMILES string of the molecule is COC(=O)C1(c2csc(Cl)n2)CCCN(C(=O)OCc2ccccc2)C1. The van der Waals surface area contributed by atoms with Gasteiger partial charge in [-0.1, -0.05) is 41.9 Å². The number of ether oxygens (including phenoxy) is 2. The highest BCUT2D eigenvalue weighted by molar-refractivity contribution is 7.14. The minimum atomic E-state index is -1.01. The lowest BCUT2D eigenvalue weighted by Gasteiger charge is -2.39. The molecule has 3 rings (SSSR count). The molecule has 8 heteroatoms. The van der Waals surface area contributed by atoms with Crippen LogP contribution < -0.4 is 0 Å². The molecule has 6 nitrogen and oxygen atoms in total. The number of likely N-dealkylation sites (tertiary alicyclic amines) is 1. The van der Waals surface area contributed by atoms with Crippen LogP contribution in [0.3, 0.4) is 0 Å². The maximum atomic E-state index is 12.6. The van der Waals surface area contributed by atoms with Gasteiger partial charge in [-0.05, 0) is 18.4 Å². The summed E-state index contributed by atoms with van der Waals surface area (Å²) in [5, 5.41) is 1.75. The van der Waals surface area contributed by atoms with Crippen LogP contribution in [0.5, 0.6) is 0 Å². The highest BCUT2D eigenvalue weighted by Crippen LogP contribution is 2.37. The van der Waals surface area contributed by atoms with Gasteiger partial charge in [-0.3, -0.25) is 4.79 Å². The van der Waals surface area contributed by atoms with Crippen molar-refractivity contribution in [2.45, 2.75) is 24.9 Å². The number of piperidine rings is 1. The first-order chi connectivity index (χ1) is 12.5. The average Bonchev–Trinajstić information content (AvgIpc) is 3.13. The number of aromatic nitrogens is 1. The van der Waals surface area contributed by atoms with Gasteiger partial charge in [-0.25, -0.2) is 9.78 Å². The van der Waals surface area contributed by atoms with Gasteiger partial charge in [0.2, 0.25) is 0 Å². The van der Waals surface area contributed by atoms with E-state index in [0.717, 1.165) is 5.56 Å². The predicted octanol–water partition coefficient (Wildman–Crippen LogP) is 3.64. The van der Waals surface area contributed by atoms with Crippen LogP contribution in [0.1, 0.15) is 24.1 Å². The van der Waals surface area contributed by atoms with E-state index in [2.05, 4.69) is 4.98 Å². The maximum absolute atomic E-state index is 12.6. The van der Waals surface area contributed by atoms with Crippen molar-refractivity contribution in [2.24, 2.45) is 0 Å². The lowest BCUT2D eigenvalue weighted by Crippen LogP contribution is -2.53. The zero-order chi connectivity index (χ0) is 18.6. The Morgan fingerprint density at radius 3 is 2.77 bits per heavy atom. The van der Waals surface area contributed by atoms with Crippen molar-refractivity contribution in [1.29, 1.82) is 0 Å². The lowest BCUT2D eigenvalue weighted by molar-refractivity contribution is -0.149. The van der Waals surface area contributed by atoms with Gasteiger partial charge in [0.1, 0.15) is 12.0 Å². The molecule has 2 heterocycles. The summed E-state index contributed by atoms with van der Waals surface area (Å²) in [5.41, 5.74) is 0.436. The number of amides is 1. The van der Waals surface area contributed by atoms with Crippen molar-refractivity contribution in [3.8, 4) is 0 Å². The van der Waals surface area contributed by atoms with E-state index in [1.165, 1.54) is 23.3 Å². The number of methoxy groups -OCH3 is 1. The number of esters is 1. The molecular formula is C18H19ClN2O4S. The van der Waals surface area contributed by atoms with Gasteiger partial charge in [0.25, 0.3) is 0 Å². The average molecular weight is 395 g/mol. The molecular weight excluding hydrogens is 376 g/mol. The Kier molecular flexibility index (Phi) is 5.78. The molecule has 1 fully saturated rings. The van der Waals surface area contributed by atoms with Crippen LogP contribution in [0.25, 0.3) is 0 Å². The van der Waals surface area contributed by atoms with Gasteiger partial charge >= 0.3 is 12.1 Å². The van der Waals surface area contributed by atoms with E-state index in [-0.39, 0.29) is 13.2 Å². The second kappa shape index (κ2) is 8.05. The van der Waals surface area contributed by atoms with Crippen molar-refractivity contribution in [2.75, 3.05) is 20.2 Å². The quantitative estimate of drug-likeness (QED) is 0.740. The van der Waals surface area contributed by atoms with Crippen molar-refractivity contribution in [1.82, 2.24) is 9.88 Å². The van der Waals surface area contributed by atoms with Gasteiger partial charge in [0.15, 0.2) is 4.47 Å². The minimum Gasteiger partial charge on any atom is -0.468 e. The lowest BCUT2D eigenvalue weighted by atomic mass is 9.77. The van der Waals surface area contributed by atoms with Crippen LogP contribution in [-0.2, 0) is 26.3 Å². The first-order valence-electron chi connectivity index (χ1n) is 8.21. The molecule has 0 radical (unpaired) electrons. The fraction of sp³-hybridized carbons (Fsp3) is 0.389. The number of hydrogen-bond acceptors (Lipinski definition) is 6. The molecule has 1 amide bonds. The van der Waals surface area contributed by atoms with Crippen LogP contribution >= 0.6 is 22.9 Å². The highest BCUT2D eigenvalue weighted by atomic mass is 35.5. The number of thiazole rings is 1. The number of benzene rings is 1. The van der Waals surface area contributed by atoms with Gasteiger partial charge in [-0.15, -0.1) is 11.3 Å². The summed E-state index contributed by atoms with van der Waals surface area (Å²) in [6.07, 6.45) is 0.732. The zero-order valence-corrected chi connectivity index (χ0v) is 15.9. The monoisotopic (exact) mass is 394 g/mol. The van der Waals surface area contributed by atoms with Crippen LogP contribution in [0.15, 0.2) is 35.7 Å². The van der Waals surface area contributed by atoms with Gasteiger partial charge in [-0.2, -0.15) is 0 Å². The molecule has 1 aliphatic rings. The summed E-state index contributed by atoms with van der Waals surface area (Å²) in [5.74, 6) is -0.417. The molecule has 1 aromatic heterocycles. The normalized spacial score (nSPS) is 19.8. The fourth-order valence-corrected chi connectivity index (χ4v) is 4.03. The molecule has 1 atom stereocenters. The van der Waals surface area contributed by atoms with Gasteiger partial charge in [0, 0.05) is 18.5 Å². The molecule has 0 aliphatic carbocycles. The maximum Gasteiger partial charge on any atom is 0.410 e. The van der Waals surface area contributed by atoms with E-state index in [1.807, 2.05) is 30.3 Å². The summed E-state index contributed by atoms with van der Waals surface area (Å²) < 4.78 is 10.8. The number of hydrogen-bond donors (Lipinski definition) is 0. The fourth-order valence-electron chi connectivity index (χ4n) is 3.17. The third-order valence-corrected chi connectivity index (χ3v) is 5.48. The first kappa shape index (κ1) is 18.7. The summed E-state index contributed by atoms with van der Waals surface area (Å²) in [7, 11) is 1.34. The third kappa shape index (κ3) is 3.83.